The predicted octanol–water partition coefficient (Wildman–Crippen LogP) is 4.39. The molecule has 1 aromatic carbocycles. The number of anilines is 1. The van der Waals surface area contributed by atoms with Crippen LogP contribution in [0.15, 0.2) is 35.3 Å². The Morgan fingerprint density at radius 3 is 2.30 bits per heavy atom. The summed E-state index contributed by atoms with van der Waals surface area (Å²) in [5.74, 6) is 1.25. The second-order valence-corrected chi connectivity index (χ2v) is 5.43. The normalized spacial score (nSPS) is 17.7. The molecule has 0 bridgehead atoms. The van der Waals surface area contributed by atoms with Crippen molar-refractivity contribution in [3.05, 3.63) is 30.3 Å². The third-order valence-corrected chi connectivity index (χ3v) is 3.79. The Morgan fingerprint density at radius 1 is 1.05 bits per heavy atom. The SMILES string of the molecule is I.NC(=NCC1CCCCCCC1)Nc1ccccc1. The summed E-state index contributed by atoms with van der Waals surface area (Å²) in [6.45, 7) is 0.867. The Bertz CT molecular complexity index is 384. The molecule has 3 N–H and O–H groups in total. The largest absolute Gasteiger partial charge is 0.370 e. The number of halogens is 1. The summed E-state index contributed by atoms with van der Waals surface area (Å²) in [7, 11) is 0. The molecule has 0 unspecified atom stereocenters. The van der Waals surface area contributed by atoms with Crippen LogP contribution in [0.4, 0.5) is 5.69 Å². The van der Waals surface area contributed by atoms with Crippen molar-refractivity contribution in [2.24, 2.45) is 16.6 Å². The Kier molecular flexibility index (Phi) is 8.65. The molecular formula is C16H26IN3. The van der Waals surface area contributed by atoms with Crippen LogP contribution in [0.2, 0.25) is 0 Å². The molecule has 4 heteroatoms. The van der Waals surface area contributed by atoms with Crippen LogP contribution < -0.4 is 11.1 Å². The number of rotatable bonds is 3. The lowest BCUT2D eigenvalue weighted by Gasteiger charge is -2.17. The minimum atomic E-state index is 0. The van der Waals surface area contributed by atoms with Crippen molar-refractivity contribution in [2.75, 3.05) is 11.9 Å². The molecule has 0 aromatic heterocycles. The summed E-state index contributed by atoms with van der Waals surface area (Å²) in [4.78, 5) is 4.50. The fourth-order valence-electron chi connectivity index (χ4n) is 2.66. The molecule has 1 fully saturated rings. The summed E-state index contributed by atoms with van der Waals surface area (Å²) >= 11 is 0. The molecule has 0 atom stereocenters. The van der Waals surface area contributed by atoms with E-state index < -0.39 is 0 Å². The standard InChI is InChI=1S/C16H25N3.HI/c17-16(19-15-11-7-4-8-12-15)18-13-14-9-5-2-1-3-6-10-14;/h4,7-8,11-12,14H,1-3,5-6,9-10,13H2,(H3,17,18,19);1H. The highest BCUT2D eigenvalue weighted by molar-refractivity contribution is 14.0. The molecule has 20 heavy (non-hydrogen) atoms. The van der Waals surface area contributed by atoms with Gasteiger partial charge in [0, 0.05) is 12.2 Å². The minimum absolute atomic E-state index is 0. The molecule has 0 amide bonds. The van der Waals surface area contributed by atoms with Gasteiger partial charge < -0.3 is 11.1 Å². The van der Waals surface area contributed by atoms with E-state index >= 15 is 0 Å². The highest BCUT2D eigenvalue weighted by Crippen LogP contribution is 2.22. The molecule has 112 valence electrons. The van der Waals surface area contributed by atoms with Crippen LogP contribution in [-0.4, -0.2) is 12.5 Å². The van der Waals surface area contributed by atoms with E-state index in [9.17, 15) is 0 Å². The van der Waals surface area contributed by atoms with Gasteiger partial charge >= 0.3 is 0 Å². The van der Waals surface area contributed by atoms with Crippen molar-refractivity contribution in [3.63, 3.8) is 0 Å². The Hall–Kier alpha value is -0.780. The first kappa shape index (κ1) is 17.3. The lowest BCUT2D eigenvalue weighted by atomic mass is 9.91. The van der Waals surface area contributed by atoms with Gasteiger partial charge in [0.25, 0.3) is 0 Å². The van der Waals surface area contributed by atoms with Gasteiger partial charge in [0.15, 0.2) is 5.96 Å². The van der Waals surface area contributed by atoms with Crippen molar-refractivity contribution in [3.8, 4) is 0 Å². The van der Waals surface area contributed by atoms with Gasteiger partial charge in [-0.1, -0.05) is 50.3 Å². The van der Waals surface area contributed by atoms with Gasteiger partial charge in [-0.15, -0.1) is 24.0 Å². The quantitative estimate of drug-likeness (QED) is 0.459. The van der Waals surface area contributed by atoms with Gasteiger partial charge in [-0.05, 0) is 30.9 Å². The van der Waals surface area contributed by atoms with E-state index in [0.717, 1.165) is 18.2 Å². The first-order valence-electron chi connectivity index (χ1n) is 7.46. The van der Waals surface area contributed by atoms with E-state index in [0.29, 0.717) is 5.96 Å². The second kappa shape index (κ2) is 10.0. The van der Waals surface area contributed by atoms with Crippen LogP contribution in [0.5, 0.6) is 0 Å². The van der Waals surface area contributed by atoms with Gasteiger partial charge in [-0.2, -0.15) is 0 Å². The van der Waals surface area contributed by atoms with E-state index in [4.69, 9.17) is 5.73 Å². The molecule has 3 nitrogen and oxygen atoms in total. The fourth-order valence-corrected chi connectivity index (χ4v) is 2.66. The average Bonchev–Trinajstić information content (AvgIpc) is 2.38. The maximum absolute atomic E-state index is 5.93. The summed E-state index contributed by atoms with van der Waals surface area (Å²) in [5.41, 5.74) is 6.93. The van der Waals surface area contributed by atoms with Gasteiger partial charge in [-0.25, -0.2) is 0 Å². The monoisotopic (exact) mass is 387 g/mol. The number of benzene rings is 1. The minimum Gasteiger partial charge on any atom is -0.370 e. The lowest BCUT2D eigenvalue weighted by molar-refractivity contribution is 0.386. The van der Waals surface area contributed by atoms with Gasteiger partial charge in [0.1, 0.15) is 0 Å². The van der Waals surface area contributed by atoms with E-state index in [-0.39, 0.29) is 24.0 Å². The van der Waals surface area contributed by atoms with Crippen molar-refractivity contribution >= 4 is 35.6 Å². The zero-order valence-electron chi connectivity index (χ0n) is 12.1. The zero-order chi connectivity index (χ0) is 13.3. The molecule has 1 saturated carbocycles. The number of nitrogens with zero attached hydrogens (tertiary/aromatic N) is 1. The topological polar surface area (TPSA) is 50.4 Å². The van der Waals surface area contributed by atoms with Crippen molar-refractivity contribution in [1.29, 1.82) is 0 Å². The summed E-state index contributed by atoms with van der Waals surface area (Å²) in [6.07, 6.45) is 9.51. The van der Waals surface area contributed by atoms with Crippen LogP contribution in [0.3, 0.4) is 0 Å². The Morgan fingerprint density at radius 2 is 1.65 bits per heavy atom. The molecule has 0 heterocycles. The third kappa shape index (κ3) is 6.59. The molecule has 2 rings (SSSR count). The molecule has 1 aromatic rings. The van der Waals surface area contributed by atoms with Crippen LogP contribution >= 0.6 is 24.0 Å². The first-order chi connectivity index (χ1) is 9.34. The van der Waals surface area contributed by atoms with Gasteiger partial charge in [-0.3, -0.25) is 4.99 Å². The third-order valence-electron chi connectivity index (χ3n) is 3.79. The number of hydrogen-bond acceptors (Lipinski definition) is 1. The second-order valence-electron chi connectivity index (χ2n) is 5.43. The maximum atomic E-state index is 5.93. The molecule has 1 aliphatic rings. The molecule has 0 saturated heterocycles. The van der Waals surface area contributed by atoms with Crippen LogP contribution in [-0.2, 0) is 0 Å². The number of hydrogen-bond donors (Lipinski definition) is 2. The number of nitrogens with one attached hydrogen (secondary N) is 1. The number of guanidine groups is 1. The summed E-state index contributed by atoms with van der Waals surface area (Å²) in [6, 6.07) is 9.97. The average molecular weight is 387 g/mol. The molecule has 0 spiro atoms. The zero-order valence-corrected chi connectivity index (χ0v) is 14.4. The van der Waals surface area contributed by atoms with Crippen LogP contribution in [0.25, 0.3) is 0 Å². The molecule has 0 radical (unpaired) electrons. The maximum Gasteiger partial charge on any atom is 0.193 e. The van der Waals surface area contributed by atoms with Gasteiger partial charge in [0.2, 0.25) is 0 Å². The number of aliphatic imine (C=N–C) groups is 1. The highest BCUT2D eigenvalue weighted by Gasteiger charge is 2.10. The first-order valence-corrected chi connectivity index (χ1v) is 7.46. The lowest BCUT2D eigenvalue weighted by Crippen LogP contribution is -2.24. The predicted molar refractivity (Wildman–Crippen MR) is 97.8 cm³/mol. The van der Waals surface area contributed by atoms with Crippen LogP contribution in [0, 0.1) is 5.92 Å². The molecule has 0 aliphatic heterocycles. The summed E-state index contributed by atoms with van der Waals surface area (Å²) in [5, 5.41) is 3.14. The molecular weight excluding hydrogens is 361 g/mol. The van der Waals surface area contributed by atoms with Crippen molar-refractivity contribution in [2.45, 2.75) is 44.9 Å². The van der Waals surface area contributed by atoms with E-state index in [1.807, 2.05) is 30.3 Å². The number of nitrogens with two attached hydrogens (primary N) is 1. The number of para-hydroxylation sites is 1. The Balaban J connectivity index is 0.00000200. The van der Waals surface area contributed by atoms with Crippen molar-refractivity contribution in [1.82, 2.24) is 0 Å². The Labute approximate surface area is 139 Å². The van der Waals surface area contributed by atoms with Crippen LogP contribution in [0.1, 0.15) is 44.9 Å². The van der Waals surface area contributed by atoms with E-state index in [1.165, 1.54) is 44.9 Å². The fraction of sp³-hybridized carbons (Fsp3) is 0.562. The summed E-state index contributed by atoms with van der Waals surface area (Å²) < 4.78 is 0. The van der Waals surface area contributed by atoms with E-state index in [1.54, 1.807) is 0 Å². The smallest absolute Gasteiger partial charge is 0.193 e. The van der Waals surface area contributed by atoms with Gasteiger partial charge in [0.05, 0.1) is 0 Å². The van der Waals surface area contributed by atoms with Crippen molar-refractivity contribution < 1.29 is 0 Å². The van der Waals surface area contributed by atoms with E-state index in [2.05, 4.69) is 10.3 Å². The molecule has 1 aliphatic carbocycles. The highest BCUT2D eigenvalue weighted by atomic mass is 127.